The standard InChI is InChI=1S/C22H34N4O2S.HI/c1-7-18-16(5)29-21(26-18)12-13-24-22(23-6)25-15(4)17-10-11-19(27-8-2)20(14-17)28-9-3;/h10-11,14-15H,7-9,12-13H2,1-6H3,(H2,23,24,25);1H. The van der Waals surface area contributed by atoms with Crippen molar-refractivity contribution in [3.05, 3.63) is 39.3 Å². The van der Waals surface area contributed by atoms with E-state index < -0.39 is 0 Å². The van der Waals surface area contributed by atoms with E-state index in [9.17, 15) is 0 Å². The van der Waals surface area contributed by atoms with Gasteiger partial charge in [-0.3, -0.25) is 4.99 Å². The first-order chi connectivity index (χ1) is 14.0. The highest BCUT2D eigenvalue weighted by Crippen LogP contribution is 2.30. The Balaban J connectivity index is 0.00000450. The summed E-state index contributed by atoms with van der Waals surface area (Å²) in [5.41, 5.74) is 2.32. The van der Waals surface area contributed by atoms with E-state index >= 15 is 0 Å². The molecule has 2 N–H and O–H groups in total. The van der Waals surface area contributed by atoms with Gasteiger partial charge in [0.1, 0.15) is 0 Å². The van der Waals surface area contributed by atoms with Crippen molar-refractivity contribution in [2.24, 2.45) is 4.99 Å². The van der Waals surface area contributed by atoms with Crippen LogP contribution in [0.4, 0.5) is 0 Å². The quantitative estimate of drug-likeness (QED) is 0.252. The van der Waals surface area contributed by atoms with Gasteiger partial charge in [-0.1, -0.05) is 13.0 Å². The predicted octanol–water partition coefficient (Wildman–Crippen LogP) is 4.90. The second kappa shape index (κ2) is 13.7. The molecule has 30 heavy (non-hydrogen) atoms. The van der Waals surface area contributed by atoms with Gasteiger partial charge in [-0.25, -0.2) is 4.98 Å². The molecule has 0 spiro atoms. The third-order valence-electron chi connectivity index (χ3n) is 4.55. The van der Waals surface area contributed by atoms with E-state index in [-0.39, 0.29) is 30.0 Å². The number of guanidine groups is 1. The van der Waals surface area contributed by atoms with Crippen molar-refractivity contribution < 1.29 is 9.47 Å². The molecule has 2 rings (SSSR count). The molecular weight excluding hydrogens is 511 g/mol. The van der Waals surface area contributed by atoms with Crippen LogP contribution in [0, 0.1) is 6.92 Å². The molecule has 0 saturated carbocycles. The molecule has 1 aromatic heterocycles. The van der Waals surface area contributed by atoms with Crippen molar-refractivity contribution in [1.82, 2.24) is 15.6 Å². The maximum atomic E-state index is 5.74. The number of aliphatic imine (C=N–C) groups is 1. The number of nitrogens with one attached hydrogen (secondary N) is 2. The topological polar surface area (TPSA) is 67.8 Å². The second-order valence-electron chi connectivity index (χ2n) is 6.65. The van der Waals surface area contributed by atoms with Gasteiger partial charge in [0.25, 0.3) is 0 Å². The number of benzene rings is 1. The maximum Gasteiger partial charge on any atom is 0.191 e. The summed E-state index contributed by atoms with van der Waals surface area (Å²) in [6, 6.07) is 6.13. The molecule has 1 unspecified atom stereocenters. The van der Waals surface area contributed by atoms with Gasteiger partial charge in [0, 0.05) is 24.9 Å². The summed E-state index contributed by atoms with van der Waals surface area (Å²) >= 11 is 1.78. The van der Waals surface area contributed by atoms with E-state index in [1.165, 1.54) is 15.6 Å². The summed E-state index contributed by atoms with van der Waals surface area (Å²) < 4.78 is 11.4. The number of ether oxygens (including phenoxy) is 2. The molecule has 8 heteroatoms. The molecule has 0 saturated heterocycles. The number of hydrogen-bond donors (Lipinski definition) is 2. The van der Waals surface area contributed by atoms with Crippen LogP contribution in [0.2, 0.25) is 0 Å². The molecule has 0 fully saturated rings. The van der Waals surface area contributed by atoms with Gasteiger partial charge >= 0.3 is 0 Å². The number of thiazole rings is 1. The second-order valence-corrected chi connectivity index (χ2v) is 7.94. The number of nitrogens with zero attached hydrogens (tertiary/aromatic N) is 2. The maximum absolute atomic E-state index is 5.74. The van der Waals surface area contributed by atoms with Gasteiger partial charge in [-0.15, -0.1) is 35.3 Å². The van der Waals surface area contributed by atoms with Crippen molar-refractivity contribution in [3.8, 4) is 11.5 Å². The summed E-state index contributed by atoms with van der Waals surface area (Å²) in [6.45, 7) is 12.3. The molecule has 1 atom stereocenters. The van der Waals surface area contributed by atoms with Crippen LogP contribution in [0.1, 0.15) is 54.9 Å². The molecule has 0 bridgehead atoms. The zero-order valence-electron chi connectivity index (χ0n) is 18.9. The zero-order chi connectivity index (χ0) is 21.2. The van der Waals surface area contributed by atoms with Gasteiger partial charge in [-0.2, -0.15) is 0 Å². The molecular formula is C22H35IN4O2S. The third kappa shape index (κ3) is 7.61. The minimum absolute atomic E-state index is 0. The first-order valence-corrected chi connectivity index (χ1v) is 11.2. The number of halogens is 1. The average molecular weight is 547 g/mol. The van der Waals surface area contributed by atoms with Crippen LogP contribution < -0.4 is 20.1 Å². The lowest BCUT2D eigenvalue weighted by Crippen LogP contribution is -2.39. The lowest BCUT2D eigenvalue weighted by atomic mass is 10.1. The summed E-state index contributed by atoms with van der Waals surface area (Å²) in [6.07, 6.45) is 1.88. The van der Waals surface area contributed by atoms with Crippen LogP contribution in [0.5, 0.6) is 11.5 Å². The third-order valence-corrected chi connectivity index (χ3v) is 5.62. The fraction of sp³-hybridized carbons (Fsp3) is 0.545. The van der Waals surface area contributed by atoms with E-state index in [0.29, 0.717) is 13.2 Å². The Kier molecular flexibility index (Phi) is 12.1. The van der Waals surface area contributed by atoms with E-state index in [2.05, 4.69) is 42.5 Å². The predicted molar refractivity (Wildman–Crippen MR) is 137 cm³/mol. The van der Waals surface area contributed by atoms with Crippen LogP contribution >= 0.6 is 35.3 Å². The Bertz CT molecular complexity index is 810. The number of aromatic nitrogens is 1. The average Bonchev–Trinajstić information content (AvgIpc) is 3.08. The largest absolute Gasteiger partial charge is 0.490 e. The molecule has 1 aromatic carbocycles. The molecule has 168 valence electrons. The van der Waals surface area contributed by atoms with Crippen LogP contribution in [0.15, 0.2) is 23.2 Å². The van der Waals surface area contributed by atoms with Crippen molar-refractivity contribution in [2.75, 3.05) is 26.8 Å². The van der Waals surface area contributed by atoms with Crippen molar-refractivity contribution in [3.63, 3.8) is 0 Å². The molecule has 0 aliphatic carbocycles. The van der Waals surface area contributed by atoms with Crippen molar-refractivity contribution >= 4 is 41.3 Å². The Morgan fingerprint density at radius 1 is 1.17 bits per heavy atom. The van der Waals surface area contributed by atoms with Crippen LogP contribution in [-0.4, -0.2) is 37.7 Å². The van der Waals surface area contributed by atoms with E-state index in [1.807, 2.05) is 26.0 Å². The van der Waals surface area contributed by atoms with Crippen molar-refractivity contribution in [1.29, 1.82) is 0 Å². The SMILES string of the molecule is CCOc1ccc(C(C)NC(=NC)NCCc2nc(CC)c(C)s2)cc1OCC.I. The number of rotatable bonds is 10. The van der Waals surface area contributed by atoms with E-state index in [4.69, 9.17) is 14.5 Å². The normalized spacial score (nSPS) is 12.1. The highest BCUT2D eigenvalue weighted by Gasteiger charge is 2.13. The molecule has 6 nitrogen and oxygen atoms in total. The Labute approximate surface area is 201 Å². The molecule has 0 aliphatic heterocycles. The fourth-order valence-electron chi connectivity index (χ4n) is 3.03. The Hall–Kier alpha value is -1.55. The van der Waals surface area contributed by atoms with Gasteiger partial charge in [0.05, 0.1) is 30.0 Å². The minimum Gasteiger partial charge on any atom is -0.490 e. The Morgan fingerprint density at radius 2 is 1.87 bits per heavy atom. The first-order valence-electron chi connectivity index (χ1n) is 10.3. The van der Waals surface area contributed by atoms with Crippen LogP contribution in [-0.2, 0) is 12.8 Å². The number of aryl methyl sites for hydroxylation is 2. The van der Waals surface area contributed by atoms with Crippen LogP contribution in [0.3, 0.4) is 0 Å². The number of hydrogen-bond acceptors (Lipinski definition) is 5. The first kappa shape index (κ1) is 26.5. The fourth-order valence-corrected chi connectivity index (χ4v) is 4.05. The van der Waals surface area contributed by atoms with Crippen LogP contribution in [0.25, 0.3) is 0 Å². The highest BCUT2D eigenvalue weighted by atomic mass is 127. The van der Waals surface area contributed by atoms with E-state index in [0.717, 1.165) is 42.4 Å². The smallest absolute Gasteiger partial charge is 0.191 e. The highest BCUT2D eigenvalue weighted by molar-refractivity contribution is 14.0. The van der Waals surface area contributed by atoms with Crippen molar-refractivity contribution in [2.45, 2.75) is 53.5 Å². The molecule has 1 heterocycles. The van der Waals surface area contributed by atoms with Gasteiger partial charge in [0.2, 0.25) is 0 Å². The Morgan fingerprint density at radius 3 is 2.47 bits per heavy atom. The summed E-state index contributed by atoms with van der Waals surface area (Å²) in [5.74, 6) is 2.32. The van der Waals surface area contributed by atoms with Gasteiger partial charge in [0.15, 0.2) is 17.5 Å². The molecule has 0 aliphatic rings. The van der Waals surface area contributed by atoms with Gasteiger partial charge in [-0.05, 0) is 51.8 Å². The lowest BCUT2D eigenvalue weighted by molar-refractivity contribution is 0.287. The zero-order valence-corrected chi connectivity index (χ0v) is 22.0. The lowest BCUT2D eigenvalue weighted by Gasteiger charge is -2.20. The van der Waals surface area contributed by atoms with Gasteiger partial charge < -0.3 is 20.1 Å². The summed E-state index contributed by atoms with van der Waals surface area (Å²) in [4.78, 5) is 10.4. The minimum atomic E-state index is 0. The molecule has 2 aromatic rings. The summed E-state index contributed by atoms with van der Waals surface area (Å²) in [7, 11) is 1.79. The molecule has 0 radical (unpaired) electrons. The summed E-state index contributed by atoms with van der Waals surface area (Å²) in [5, 5.41) is 8.00. The monoisotopic (exact) mass is 546 g/mol. The molecule has 0 amide bonds. The van der Waals surface area contributed by atoms with E-state index in [1.54, 1.807) is 18.4 Å².